The summed E-state index contributed by atoms with van der Waals surface area (Å²) >= 11 is 3.38. The lowest BCUT2D eigenvalue weighted by Crippen LogP contribution is -2.06. The van der Waals surface area contributed by atoms with Crippen molar-refractivity contribution in [1.29, 1.82) is 0 Å². The van der Waals surface area contributed by atoms with Crippen LogP contribution in [0.3, 0.4) is 0 Å². The second kappa shape index (κ2) is 6.47. The molecule has 0 aliphatic carbocycles. The zero-order valence-electron chi connectivity index (χ0n) is 10.1. The summed E-state index contributed by atoms with van der Waals surface area (Å²) in [7, 11) is 1.90. The van der Waals surface area contributed by atoms with Crippen molar-refractivity contribution in [2.24, 2.45) is 0 Å². The van der Waals surface area contributed by atoms with E-state index in [1.807, 2.05) is 25.2 Å². The van der Waals surface area contributed by atoms with Crippen molar-refractivity contribution in [2.75, 3.05) is 7.05 Å². The fourth-order valence-corrected chi connectivity index (χ4v) is 1.90. The molecule has 0 bridgehead atoms. The first-order chi connectivity index (χ1) is 8.78. The van der Waals surface area contributed by atoms with Crippen LogP contribution in [0.4, 0.5) is 0 Å². The van der Waals surface area contributed by atoms with E-state index in [9.17, 15) is 0 Å². The van der Waals surface area contributed by atoms with Crippen LogP contribution in [-0.4, -0.2) is 17.0 Å². The zero-order chi connectivity index (χ0) is 12.8. The van der Waals surface area contributed by atoms with E-state index in [4.69, 9.17) is 4.74 Å². The van der Waals surface area contributed by atoms with Gasteiger partial charge in [0.2, 0.25) is 0 Å². The second-order valence-corrected chi connectivity index (χ2v) is 4.73. The molecule has 5 heteroatoms. The van der Waals surface area contributed by atoms with E-state index in [-0.39, 0.29) is 0 Å². The van der Waals surface area contributed by atoms with Gasteiger partial charge in [0.15, 0.2) is 0 Å². The molecule has 0 saturated carbocycles. The molecule has 0 atom stereocenters. The van der Waals surface area contributed by atoms with Gasteiger partial charge in [-0.25, -0.2) is 0 Å². The third-order valence-corrected chi connectivity index (χ3v) is 2.76. The number of hydrogen-bond acceptors (Lipinski definition) is 4. The minimum absolute atomic E-state index is 0.486. The Morgan fingerprint density at radius 3 is 2.83 bits per heavy atom. The highest BCUT2D eigenvalue weighted by Gasteiger charge is 1.99. The van der Waals surface area contributed by atoms with Crippen LogP contribution < -0.4 is 10.1 Å². The highest BCUT2D eigenvalue weighted by molar-refractivity contribution is 9.10. The smallest absolute Gasteiger partial charge is 0.138 e. The van der Waals surface area contributed by atoms with E-state index in [0.717, 1.165) is 28.0 Å². The summed E-state index contributed by atoms with van der Waals surface area (Å²) in [5.41, 5.74) is 2.01. The number of pyridine rings is 2. The Hall–Kier alpha value is -1.46. The molecule has 2 heterocycles. The molecule has 2 rings (SSSR count). The molecule has 0 unspecified atom stereocenters. The number of nitrogens with zero attached hydrogens (tertiary/aromatic N) is 2. The van der Waals surface area contributed by atoms with Crippen molar-refractivity contribution in [3.05, 3.63) is 52.5 Å². The fourth-order valence-electron chi connectivity index (χ4n) is 1.48. The molecule has 18 heavy (non-hydrogen) atoms. The molecule has 0 aromatic carbocycles. The molecule has 0 radical (unpaired) electrons. The summed E-state index contributed by atoms with van der Waals surface area (Å²) in [6, 6.07) is 5.85. The summed E-state index contributed by atoms with van der Waals surface area (Å²) in [5, 5.41) is 3.05. The van der Waals surface area contributed by atoms with E-state index >= 15 is 0 Å². The number of hydrogen-bond donors (Lipinski definition) is 1. The predicted molar refractivity (Wildman–Crippen MR) is 73.3 cm³/mol. The lowest BCUT2D eigenvalue weighted by molar-refractivity contribution is 0.304. The topological polar surface area (TPSA) is 47.0 Å². The lowest BCUT2D eigenvalue weighted by atomic mass is 10.3. The highest BCUT2D eigenvalue weighted by atomic mass is 79.9. The largest absolute Gasteiger partial charge is 0.487 e. The maximum absolute atomic E-state index is 5.64. The summed E-state index contributed by atoms with van der Waals surface area (Å²) in [6.07, 6.45) is 5.27. The van der Waals surface area contributed by atoms with Crippen LogP contribution in [0.15, 0.2) is 41.3 Å². The van der Waals surface area contributed by atoms with E-state index in [2.05, 4.69) is 31.2 Å². The van der Waals surface area contributed by atoms with Crippen molar-refractivity contribution in [3.63, 3.8) is 0 Å². The number of ether oxygens (including phenoxy) is 1. The van der Waals surface area contributed by atoms with Gasteiger partial charge < -0.3 is 10.1 Å². The van der Waals surface area contributed by atoms with Crippen molar-refractivity contribution < 1.29 is 4.74 Å². The molecule has 1 N–H and O–H groups in total. The first kappa shape index (κ1) is 13.0. The molecular weight excluding hydrogens is 294 g/mol. The Kier molecular flexibility index (Phi) is 4.66. The first-order valence-corrected chi connectivity index (χ1v) is 6.39. The Morgan fingerprint density at radius 1 is 1.28 bits per heavy atom. The quantitative estimate of drug-likeness (QED) is 0.922. The molecular formula is C13H14BrN3O. The molecule has 0 amide bonds. The summed E-state index contributed by atoms with van der Waals surface area (Å²) < 4.78 is 6.59. The summed E-state index contributed by atoms with van der Waals surface area (Å²) in [4.78, 5) is 8.37. The average molecular weight is 308 g/mol. The molecule has 94 valence electrons. The van der Waals surface area contributed by atoms with E-state index in [1.165, 1.54) is 0 Å². The lowest BCUT2D eigenvalue weighted by Gasteiger charge is -2.06. The van der Waals surface area contributed by atoms with E-state index in [0.29, 0.717) is 6.61 Å². The number of halogens is 1. The number of rotatable bonds is 5. The third-order valence-electron chi connectivity index (χ3n) is 2.32. The highest BCUT2D eigenvalue weighted by Crippen LogP contribution is 2.14. The average Bonchev–Trinajstić information content (AvgIpc) is 2.38. The van der Waals surface area contributed by atoms with E-state index < -0.39 is 0 Å². The van der Waals surface area contributed by atoms with Gasteiger partial charge >= 0.3 is 0 Å². The first-order valence-electron chi connectivity index (χ1n) is 5.59. The molecule has 4 nitrogen and oxygen atoms in total. The van der Waals surface area contributed by atoms with Crippen LogP contribution in [0.5, 0.6) is 5.75 Å². The summed E-state index contributed by atoms with van der Waals surface area (Å²) in [6.45, 7) is 1.25. The third kappa shape index (κ3) is 3.78. The molecule has 2 aromatic heterocycles. The van der Waals surface area contributed by atoms with Crippen LogP contribution in [0.25, 0.3) is 0 Å². The molecule has 0 saturated heterocycles. The van der Waals surface area contributed by atoms with Crippen LogP contribution in [0, 0.1) is 0 Å². The minimum atomic E-state index is 0.486. The van der Waals surface area contributed by atoms with Gasteiger partial charge in [-0.3, -0.25) is 9.97 Å². The predicted octanol–water partition coefficient (Wildman–Crippen LogP) is 2.54. The van der Waals surface area contributed by atoms with Gasteiger partial charge in [-0.1, -0.05) is 0 Å². The monoisotopic (exact) mass is 307 g/mol. The molecule has 0 fully saturated rings. The van der Waals surface area contributed by atoms with Gasteiger partial charge in [0.05, 0.1) is 11.9 Å². The van der Waals surface area contributed by atoms with Crippen molar-refractivity contribution >= 4 is 15.9 Å². The maximum Gasteiger partial charge on any atom is 0.138 e. The molecule has 0 aliphatic rings. The van der Waals surface area contributed by atoms with Crippen molar-refractivity contribution in [1.82, 2.24) is 15.3 Å². The standard InChI is InChI=1S/C13H14BrN3O/c1-15-7-12-2-3-13(8-17-12)18-9-10-4-11(14)6-16-5-10/h2-6,8,15H,7,9H2,1H3. The Labute approximate surface area is 115 Å². The minimum Gasteiger partial charge on any atom is -0.487 e. The van der Waals surface area contributed by atoms with E-state index in [1.54, 1.807) is 18.6 Å². The SMILES string of the molecule is CNCc1ccc(OCc2cncc(Br)c2)cn1. The van der Waals surface area contributed by atoms with Gasteiger partial charge in [-0.15, -0.1) is 0 Å². The number of nitrogens with one attached hydrogen (secondary N) is 1. The molecule has 2 aromatic rings. The maximum atomic E-state index is 5.64. The second-order valence-electron chi connectivity index (χ2n) is 3.82. The summed E-state index contributed by atoms with van der Waals surface area (Å²) in [5.74, 6) is 0.759. The Balaban J connectivity index is 1.93. The van der Waals surface area contributed by atoms with Crippen LogP contribution in [0.2, 0.25) is 0 Å². The van der Waals surface area contributed by atoms with Crippen molar-refractivity contribution in [2.45, 2.75) is 13.2 Å². The Bertz CT molecular complexity index is 502. The van der Waals surface area contributed by atoms with Crippen LogP contribution in [-0.2, 0) is 13.2 Å². The van der Waals surface area contributed by atoms with Crippen molar-refractivity contribution in [3.8, 4) is 5.75 Å². The van der Waals surface area contributed by atoms with Gasteiger partial charge in [0.25, 0.3) is 0 Å². The Morgan fingerprint density at radius 2 is 2.17 bits per heavy atom. The van der Waals surface area contributed by atoms with Gasteiger partial charge in [-0.05, 0) is 41.2 Å². The van der Waals surface area contributed by atoms with Gasteiger partial charge in [0, 0.05) is 29.0 Å². The molecule has 0 aliphatic heterocycles. The van der Waals surface area contributed by atoms with Gasteiger partial charge in [0.1, 0.15) is 12.4 Å². The van der Waals surface area contributed by atoms with Gasteiger partial charge in [-0.2, -0.15) is 0 Å². The van der Waals surface area contributed by atoms with Crippen LogP contribution in [0.1, 0.15) is 11.3 Å². The normalized spacial score (nSPS) is 10.3. The molecule has 0 spiro atoms. The zero-order valence-corrected chi connectivity index (χ0v) is 11.6. The number of aromatic nitrogens is 2. The fraction of sp³-hybridized carbons (Fsp3) is 0.231. The van der Waals surface area contributed by atoms with Crippen LogP contribution >= 0.6 is 15.9 Å².